The summed E-state index contributed by atoms with van der Waals surface area (Å²) in [7, 11) is 0. The second-order valence-corrected chi connectivity index (χ2v) is 5.15. The third-order valence-corrected chi connectivity index (χ3v) is 3.66. The first kappa shape index (κ1) is 13.5. The Morgan fingerprint density at radius 1 is 1.42 bits per heavy atom. The van der Waals surface area contributed by atoms with Gasteiger partial charge in [-0.1, -0.05) is 12.5 Å². The monoisotopic (exact) mass is 265 g/mol. The highest BCUT2D eigenvalue weighted by Crippen LogP contribution is 2.44. The van der Waals surface area contributed by atoms with E-state index in [9.17, 15) is 14.0 Å². The summed E-state index contributed by atoms with van der Waals surface area (Å²) in [5.41, 5.74) is -0.0251. The van der Waals surface area contributed by atoms with Gasteiger partial charge >= 0.3 is 5.97 Å². The van der Waals surface area contributed by atoms with Crippen LogP contribution < -0.4 is 5.32 Å². The van der Waals surface area contributed by atoms with E-state index in [1.807, 2.05) is 0 Å². The number of benzene rings is 1. The molecule has 0 radical (unpaired) electrons. The zero-order valence-electron chi connectivity index (χ0n) is 10.7. The molecule has 5 heteroatoms. The van der Waals surface area contributed by atoms with Crippen molar-refractivity contribution < 1.29 is 19.1 Å². The quantitative estimate of drug-likeness (QED) is 0.879. The first-order valence-corrected chi connectivity index (χ1v) is 6.22. The molecular formula is C14H16FNO3. The minimum atomic E-state index is -0.954. The van der Waals surface area contributed by atoms with Crippen LogP contribution >= 0.6 is 0 Å². The third kappa shape index (κ3) is 2.75. The molecule has 1 aliphatic rings. The maximum absolute atomic E-state index is 13.5. The number of amides is 1. The molecule has 0 spiro atoms. The number of carboxylic acids is 1. The molecule has 0 atom stereocenters. The Morgan fingerprint density at radius 2 is 2.11 bits per heavy atom. The van der Waals surface area contributed by atoms with Crippen LogP contribution in [0, 0.1) is 18.2 Å². The van der Waals surface area contributed by atoms with Crippen molar-refractivity contribution >= 4 is 17.6 Å². The molecule has 2 N–H and O–H groups in total. The second kappa shape index (κ2) is 4.99. The number of nitrogens with one attached hydrogen (secondary N) is 1. The van der Waals surface area contributed by atoms with Gasteiger partial charge in [0.05, 0.1) is 11.1 Å². The maximum Gasteiger partial charge on any atom is 0.310 e. The fourth-order valence-corrected chi connectivity index (χ4v) is 2.31. The summed E-state index contributed by atoms with van der Waals surface area (Å²) >= 11 is 0. The number of carbonyl (C=O) groups excluding carboxylic acids is 1. The van der Waals surface area contributed by atoms with Crippen molar-refractivity contribution in [3.8, 4) is 0 Å². The number of halogens is 1. The number of rotatable bonds is 4. The van der Waals surface area contributed by atoms with Crippen LogP contribution in [0.1, 0.15) is 31.2 Å². The van der Waals surface area contributed by atoms with Gasteiger partial charge in [0.15, 0.2) is 0 Å². The summed E-state index contributed by atoms with van der Waals surface area (Å²) in [4.78, 5) is 23.0. The molecule has 0 saturated heterocycles. The fraction of sp³-hybridized carbons (Fsp3) is 0.429. The SMILES string of the molecule is Cc1ccc(F)c(NC(=O)CC2(C(=O)O)CCC2)c1. The number of carbonyl (C=O) groups is 2. The van der Waals surface area contributed by atoms with E-state index in [0.717, 1.165) is 12.0 Å². The van der Waals surface area contributed by atoms with Gasteiger partial charge in [0.25, 0.3) is 0 Å². The molecule has 1 aliphatic carbocycles. The summed E-state index contributed by atoms with van der Waals surface area (Å²) in [6.45, 7) is 1.79. The minimum absolute atomic E-state index is 0.101. The molecule has 102 valence electrons. The topological polar surface area (TPSA) is 66.4 Å². The number of hydrogen-bond acceptors (Lipinski definition) is 2. The normalized spacial score (nSPS) is 16.5. The van der Waals surface area contributed by atoms with Gasteiger partial charge in [-0.15, -0.1) is 0 Å². The lowest BCUT2D eigenvalue weighted by Crippen LogP contribution is -2.41. The molecule has 0 heterocycles. The molecule has 4 nitrogen and oxygen atoms in total. The molecule has 1 saturated carbocycles. The zero-order chi connectivity index (χ0) is 14.0. The molecule has 1 aromatic rings. The predicted molar refractivity (Wildman–Crippen MR) is 68.3 cm³/mol. The molecule has 1 fully saturated rings. The van der Waals surface area contributed by atoms with Gasteiger partial charge in [0.1, 0.15) is 5.82 Å². The maximum atomic E-state index is 13.5. The van der Waals surface area contributed by atoms with Crippen molar-refractivity contribution in [2.45, 2.75) is 32.6 Å². The van der Waals surface area contributed by atoms with E-state index in [1.165, 1.54) is 12.1 Å². The van der Waals surface area contributed by atoms with Crippen molar-refractivity contribution in [3.05, 3.63) is 29.6 Å². The van der Waals surface area contributed by atoms with Crippen LogP contribution in [0.5, 0.6) is 0 Å². The van der Waals surface area contributed by atoms with E-state index < -0.39 is 23.1 Å². The van der Waals surface area contributed by atoms with E-state index in [4.69, 9.17) is 5.11 Å². The van der Waals surface area contributed by atoms with E-state index in [-0.39, 0.29) is 12.1 Å². The Balaban J connectivity index is 2.05. The number of hydrogen-bond donors (Lipinski definition) is 2. The molecule has 1 amide bonds. The lowest BCUT2D eigenvalue weighted by molar-refractivity contribution is -0.157. The standard InChI is InChI=1S/C14H16FNO3/c1-9-3-4-10(15)11(7-9)16-12(17)8-14(13(18)19)5-2-6-14/h3-4,7H,2,5-6,8H2,1H3,(H,16,17)(H,18,19). The number of anilines is 1. The molecule has 0 aliphatic heterocycles. The van der Waals surface area contributed by atoms with E-state index in [1.54, 1.807) is 13.0 Å². The average molecular weight is 265 g/mol. The third-order valence-electron chi connectivity index (χ3n) is 3.66. The smallest absolute Gasteiger partial charge is 0.310 e. The van der Waals surface area contributed by atoms with Gasteiger partial charge in [-0.05, 0) is 37.5 Å². The molecule has 0 unspecified atom stereocenters. The number of aliphatic carboxylic acids is 1. The van der Waals surface area contributed by atoms with Crippen LogP contribution in [0.4, 0.5) is 10.1 Å². The lowest BCUT2D eigenvalue weighted by Gasteiger charge is -2.36. The molecule has 19 heavy (non-hydrogen) atoms. The van der Waals surface area contributed by atoms with Crippen molar-refractivity contribution in [2.75, 3.05) is 5.32 Å². The van der Waals surface area contributed by atoms with Crippen LogP contribution in [-0.4, -0.2) is 17.0 Å². The highest BCUT2D eigenvalue weighted by Gasteiger charge is 2.45. The lowest BCUT2D eigenvalue weighted by atomic mass is 9.66. The molecule has 2 rings (SSSR count). The van der Waals surface area contributed by atoms with Gasteiger partial charge in [0.2, 0.25) is 5.91 Å². The van der Waals surface area contributed by atoms with Crippen LogP contribution in [0.2, 0.25) is 0 Å². The Morgan fingerprint density at radius 3 is 2.63 bits per heavy atom. The van der Waals surface area contributed by atoms with Gasteiger partial charge in [-0.2, -0.15) is 0 Å². The Kier molecular flexibility index (Phi) is 3.55. The first-order valence-electron chi connectivity index (χ1n) is 6.22. The Hall–Kier alpha value is -1.91. The fourth-order valence-electron chi connectivity index (χ4n) is 2.31. The van der Waals surface area contributed by atoms with Crippen LogP contribution in [0.15, 0.2) is 18.2 Å². The highest BCUT2D eigenvalue weighted by atomic mass is 19.1. The average Bonchev–Trinajstić information content (AvgIpc) is 2.28. The minimum Gasteiger partial charge on any atom is -0.481 e. The number of aryl methyl sites for hydroxylation is 1. The summed E-state index contributed by atoms with van der Waals surface area (Å²) in [6, 6.07) is 4.42. The molecular weight excluding hydrogens is 249 g/mol. The summed E-state index contributed by atoms with van der Waals surface area (Å²) in [5, 5.41) is 11.6. The summed E-state index contributed by atoms with van der Waals surface area (Å²) < 4.78 is 13.5. The van der Waals surface area contributed by atoms with E-state index in [0.29, 0.717) is 12.8 Å². The van der Waals surface area contributed by atoms with E-state index in [2.05, 4.69) is 5.32 Å². The number of carboxylic acid groups (broad SMARTS) is 1. The Bertz CT molecular complexity index is 523. The Labute approximate surface area is 110 Å². The van der Waals surface area contributed by atoms with Crippen LogP contribution in [-0.2, 0) is 9.59 Å². The highest BCUT2D eigenvalue weighted by molar-refractivity contribution is 5.94. The van der Waals surface area contributed by atoms with Gasteiger partial charge in [-0.25, -0.2) is 4.39 Å². The first-order chi connectivity index (χ1) is 8.93. The van der Waals surface area contributed by atoms with E-state index >= 15 is 0 Å². The van der Waals surface area contributed by atoms with Crippen LogP contribution in [0.3, 0.4) is 0 Å². The van der Waals surface area contributed by atoms with Crippen molar-refractivity contribution in [1.82, 2.24) is 0 Å². The van der Waals surface area contributed by atoms with Crippen molar-refractivity contribution in [1.29, 1.82) is 0 Å². The van der Waals surface area contributed by atoms with Crippen molar-refractivity contribution in [3.63, 3.8) is 0 Å². The molecule has 0 bridgehead atoms. The predicted octanol–water partition coefficient (Wildman–Crippen LogP) is 2.72. The van der Waals surface area contributed by atoms with Gasteiger partial charge in [0, 0.05) is 6.42 Å². The van der Waals surface area contributed by atoms with Gasteiger partial charge in [-0.3, -0.25) is 9.59 Å². The molecule has 0 aromatic heterocycles. The van der Waals surface area contributed by atoms with Gasteiger partial charge < -0.3 is 10.4 Å². The second-order valence-electron chi connectivity index (χ2n) is 5.15. The summed E-state index contributed by atoms with van der Waals surface area (Å²) in [5.74, 6) is -1.91. The molecule has 1 aromatic carbocycles. The summed E-state index contributed by atoms with van der Waals surface area (Å²) in [6.07, 6.45) is 1.73. The zero-order valence-corrected chi connectivity index (χ0v) is 10.7. The largest absolute Gasteiger partial charge is 0.481 e. The van der Waals surface area contributed by atoms with Crippen molar-refractivity contribution in [2.24, 2.45) is 5.41 Å². The van der Waals surface area contributed by atoms with Crippen LogP contribution in [0.25, 0.3) is 0 Å².